The Labute approximate surface area is 73.8 Å². The van der Waals surface area contributed by atoms with E-state index in [0.29, 0.717) is 0 Å². The van der Waals surface area contributed by atoms with Crippen LogP contribution in [-0.4, -0.2) is 16.1 Å². The van der Waals surface area contributed by atoms with Crippen LogP contribution in [0.25, 0.3) is 0 Å². The lowest BCUT2D eigenvalue weighted by Gasteiger charge is -2.32. The number of hydrogen-bond acceptors (Lipinski definition) is 1. The maximum atomic E-state index is 11.7. The fourth-order valence-electron chi connectivity index (χ4n) is 1.64. The number of nitrogens with zero attached hydrogens (tertiary/aromatic N) is 1. The van der Waals surface area contributed by atoms with E-state index in [-0.39, 0.29) is 0 Å². The van der Waals surface area contributed by atoms with Gasteiger partial charge in [0.25, 0.3) is 0 Å². The minimum Gasteiger partial charge on any atom is -0.135 e. The molecule has 0 saturated heterocycles. The Balaban J connectivity index is 3.14. The molecule has 0 aromatic rings. The topological polar surface area (TPSA) is 23.1 Å². The molecule has 0 bridgehead atoms. The van der Waals surface area contributed by atoms with E-state index in [1.165, 1.54) is 0 Å². The van der Waals surface area contributed by atoms with E-state index >= 15 is 0 Å². The lowest BCUT2D eigenvalue weighted by molar-refractivity contribution is -0.237. The average molecular weight is 164 g/mol. The molecule has 0 amide bonds. The fraction of sp³-hybridized carbons (Fsp3) is 0.600. The van der Waals surface area contributed by atoms with Crippen LogP contribution in [-0.2, 0) is 5.21 Å². The smallest absolute Gasteiger partial charge is 0.0770 e. The molecule has 12 heavy (non-hydrogen) atoms. The summed E-state index contributed by atoms with van der Waals surface area (Å²) in [5, 5.41) is 12.7. The molecule has 1 aliphatic rings. The fourth-order valence-corrected chi connectivity index (χ4v) is 1.64. The van der Waals surface area contributed by atoms with Gasteiger partial charge >= 0.3 is 0 Å². The summed E-state index contributed by atoms with van der Waals surface area (Å²) in [6, 6.07) is 0. The van der Waals surface area contributed by atoms with Crippen LogP contribution in [0, 0.1) is 12.3 Å². The highest BCUT2D eigenvalue weighted by molar-refractivity contribution is 5.41. The van der Waals surface area contributed by atoms with Gasteiger partial charge in [0.15, 0.2) is 0 Å². The molecule has 2 nitrogen and oxygen atoms in total. The zero-order valence-electron chi connectivity index (χ0n) is 8.01. The second-order valence-corrected chi connectivity index (χ2v) is 4.21. The van der Waals surface area contributed by atoms with Crippen LogP contribution >= 0.6 is 0 Å². The minimum absolute atomic E-state index is 0.467. The Morgan fingerprint density at radius 2 is 1.92 bits per heavy atom. The molecule has 65 valence electrons. The molecule has 0 fully saturated rings. The lowest BCUT2D eigenvalue weighted by Crippen LogP contribution is -2.46. The van der Waals surface area contributed by atoms with E-state index in [9.17, 15) is 5.21 Å². The molecular formula is C10H14NO. The largest absolute Gasteiger partial charge is 0.135 e. The molecule has 0 spiro atoms. The van der Waals surface area contributed by atoms with Crippen molar-refractivity contribution in [2.45, 2.75) is 38.8 Å². The van der Waals surface area contributed by atoms with Crippen LogP contribution in [0.15, 0.2) is 11.6 Å². The Bertz CT molecular complexity index is 268. The molecule has 0 aromatic carbocycles. The van der Waals surface area contributed by atoms with Crippen molar-refractivity contribution in [1.29, 1.82) is 0 Å². The maximum Gasteiger partial charge on any atom is 0.0770 e. The number of hydroxylamine groups is 2. The van der Waals surface area contributed by atoms with Gasteiger partial charge in [0.2, 0.25) is 0 Å². The van der Waals surface area contributed by atoms with Crippen molar-refractivity contribution in [3.05, 3.63) is 11.6 Å². The van der Waals surface area contributed by atoms with Crippen LogP contribution in [0.5, 0.6) is 0 Å². The summed E-state index contributed by atoms with van der Waals surface area (Å²) in [4.78, 5) is 0. The van der Waals surface area contributed by atoms with Crippen molar-refractivity contribution in [1.82, 2.24) is 5.06 Å². The van der Waals surface area contributed by atoms with E-state index in [1.807, 2.05) is 33.8 Å². The summed E-state index contributed by atoms with van der Waals surface area (Å²) < 4.78 is 0. The summed E-state index contributed by atoms with van der Waals surface area (Å²) in [5.41, 5.74) is -0.230. The second kappa shape index (κ2) is 2.35. The standard InChI is InChI=1S/C10H14NO/c1-6-8-7-9(2,3)11(12)10(8,4)5/h1,7H,2-5H3. The normalized spacial score (nSPS) is 26.5. The molecule has 2 heteroatoms. The first-order chi connectivity index (χ1) is 5.32. The molecule has 1 rings (SSSR count). The first-order valence-electron chi connectivity index (χ1n) is 4.00. The first-order valence-corrected chi connectivity index (χ1v) is 4.00. The summed E-state index contributed by atoms with van der Waals surface area (Å²) in [6.07, 6.45) is 7.17. The van der Waals surface area contributed by atoms with Gasteiger partial charge in [-0.05, 0) is 33.8 Å². The van der Waals surface area contributed by atoms with Gasteiger partial charge in [-0.1, -0.05) is 5.92 Å². The van der Waals surface area contributed by atoms with E-state index in [2.05, 4.69) is 5.92 Å². The Morgan fingerprint density at radius 1 is 1.42 bits per heavy atom. The highest BCUT2D eigenvalue weighted by Crippen LogP contribution is 2.37. The zero-order chi connectivity index (χ0) is 9.57. The summed E-state index contributed by atoms with van der Waals surface area (Å²) in [7, 11) is 0. The van der Waals surface area contributed by atoms with Gasteiger partial charge in [-0.2, -0.15) is 0 Å². The van der Waals surface area contributed by atoms with Crippen LogP contribution in [0.2, 0.25) is 0 Å². The van der Waals surface area contributed by atoms with Crippen LogP contribution in [0.1, 0.15) is 27.7 Å². The Kier molecular flexibility index (Phi) is 1.82. The van der Waals surface area contributed by atoms with Crippen molar-refractivity contribution < 1.29 is 5.21 Å². The summed E-state index contributed by atoms with van der Waals surface area (Å²) in [5.74, 6) is 2.56. The molecule has 0 N–H and O–H groups in total. The number of hydrogen-bond donors (Lipinski definition) is 0. The van der Waals surface area contributed by atoms with Gasteiger partial charge in [0.1, 0.15) is 0 Å². The highest BCUT2D eigenvalue weighted by atomic mass is 16.5. The third kappa shape index (κ3) is 1.06. The average Bonchev–Trinajstić information content (AvgIpc) is 2.11. The minimum atomic E-state index is -0.543. The van der Waals surface area contributed by atoms with Crippen molar-refractivity contribution in [2.75, 3.05) is 0 Å². The third-order valence-corrected chi connectivity index (χ3v) is 2.34. The van der Waals surface area contributed by atoms with Crippen LogP contribution in [0.4, 0.5) is 0 Å². The molecule has 0 atom stereocenters. The monoisotopic (exact) mass is 164 g/mol. The summed E-state index contributed by atoms with van der Waals surface area (Å²) in [6.45, 7) is 7.43. The third-order valence-electron chi connectivity index (χ3n) is 2.34. The summed E-state index contributed by atoms with van der Waals surface area (Å²) >= 11 is 0. The predicted octanol–water partition coefficient (Wildman–Crippen LogP) is 1.76. The van der Waals surface area contributed by atoms with Gasteiger partial charge < -0.3 is 0 Å². The van der Waals surface area contributed by atoms with E-state index in [0.717, 1.165) is 10.6 Å². The van der Waals surface area contributed by atoms with E-state index < -0.39 is 11.1 Å². The van der Waals surface area contributed by atoms with Crippen molar-refractivity contribution in [3.63, 3.8) is 0 Å². The SMILES string of the molecule is C#CC1=CC(C)(C)N([O])C1(C)C. The van der Waals surface area contributed by atoms with Crippen LogP contribution in [0.3, 0.4) is 0 Å². The lowest BCUT2D eigenvalue weighted by atomic mass is 9.98. The van der Waals surface area contributed by atoms with Crippen molar-refractivity contribution >= 4 is 0 Å². The highest BCUT2D eigenvalue weighted by Gasteiger charge is 2.45. The second-order valence-electron chi connectivity index (χ2n) is 4.21. The van der Waals surface area contributed by atoms with Gasteiger partial charge in [-0.3, -0.25) is 0 Å². The van der Waals surface area contributed by atoms with Crippen molar-refractivity contribution in [2.24, 2.45) is 0 Å². The molecule has 1 heterocycles. The van der Waals surface area contributed by atoms with E-state index in [4.69, 9.17) is 6.42 Å². The molecule has 0 aromatic heterocycles. The van der Waals surface area contributed by atoms with Gasteiger partial charge in [-0.15, -0.1) is 16.7 Å². The zero-order valence-corrected chi connectivity index (χ0v) is 8.01. The molecule has 1 aliphatic heterocycles. The molecule has 1 radical (unpaired) electrons. The predicted molar refractivity (Wildman–Crippen MR) is 47.6 cm³/mol. The number of rotatable bonds is 0. The Hall–Kier alpha value is -0.780. The van der Waals surface area contributed by atoms with Crippen LogP contribution < -0.4 is 0 Å². The van der Waals surface area contributed by atoms with Gasteiger partial charge in [0, 0.05) is 5.57 Å². The molecule has 0 unspecified atom stereocenters. The first kappa shape index (κ1) is 9.31. The maximum absolute atomic E-state index is 11.7. The van der Waals surface area contributed by atoms with Crippen molar-refractivity contribution in [3.8, 4) is 12.3 Å². The Morgan fingerprint density at radius 3 is 2.08 bits per heavy atom. The van der Waals surface area contributed by atoms with Gasteiger partial charge in [0.05, 0.1) is 11.1 Å². The number of terminal acetylenes is 1. The molecule has 0 saturated carbocycles. The molecular weight excluding hydrogens is 150 g/mol. The molecule has 0 aliphatic carbocycles. The van der Waals surface area contributed by atoms with E-state index in [1.54, 1.807) is 0 Å². The quantitative estimate of drug-likeness (QED) is 0.500. The van der Waals surface area contributed by atoms with Gasteiger partial charge in [-0.25, -0.2) is 0 Å².